The lowest BCUT2D eigenvalue weighted by Crippen LogP contribution is -2.33. The lowest BCUT2D eigenvalue weighted by molar-refractivity contribution is -0.120. The van der Waals surface area contributed by atoms with Gasteiger partial charge in [-0.25, -0.2) is 4.98 Å². The Morgan fingerprint density at radius 3 is 2.71 bits per heavy atom. The van der Waals surface area contributed by atoms with Crippen LogP contribution in [-0.2, 0) is 4.79 Å². The number of halogens is 1. The average Bonchev–Trinajstić information content (AvgIpc) is 3.30. The van der Waals surface area contributed by atoms with Crippen LogP contribution in [0.4, 0.5) is 0 Å². The highest BCUT2D eigenvalue weighted by atomic mass is 35.5. The zero-order valence-corrected chi connectivity index (χ0v) is 15.4. The Kier molecular flexibility index (Phi) is 4.88. The van der Waals surface area contributed by atoms with Gasteiger partial charge in [-0.3, -0.25) is 14.2 Å². The second kappa shape index (κ2) is 6.76. The first-order valence-electron chi connectivity index (χ1n) is 8.05. The number of carbonyl (C=O) groups is 1. The molecule has 1 heterocycles. The first kappa shape index (κ1) is 17.3. The van der Waals surface area contributed by atoms with E-state index in [1.54, 1.807) is 22.8 Å². The molecule has 1 N–H and O–H groups in total. The predicted octanol–water partition coefficient (Wildman–Crippen LogP) is 3.39. The Bertz CT molecular complexity index is 846. The SMILES string of the molecule is CC(C)n1c(S[C@@H](C)C(=O)NC2CC2)nc2cc(Cl)ccc2c1=O. The molecule has 3 rings (SSSR count). The third-order valence-corrected chi connectivity index (χ3v) is 5.22. The van der Waals surface area contributed by atoms with Gasteiger partial charge in [0.2, 0.25) is 5.91 Å². The smallest absolute Gasteiger partial charge is 0.262 e. The largest absolute Gasteiger partial charge is 0.352 e. The third-order valence-electron chi connectivity index (χ3n) is 3.92. The lowest BCUT2D eigenvalue weighted by atomic mass is 10.2. The molecule has 1 fully saturated rings. The maximum atomic E-state index is 12.8. The Morgan fingerprint density at radius 2 is 2.08 bits per heavy atom. The number of thioether (sulfide) groups is 1. The molecule has 2 aromatic rings. The summed E-state index contributed by atoms with van der Waals surface area (Å²) in [6.45, 7) is 5.70. The summed E-state index contributed by atoms with van der Waals surface area (Å²) >= 11 is 7.33. The molecule has 7 heteroatoms. The molecule has 5 nitrogen and oxygen atoms in total. The van der Waals surface area contributed by atoms with E-state index in [4.69, 9.17) is 11.6 Å². The van der Waals surface area contributed by atoms with Gasteiger partial charge >= 0.3 is 0 Å². The van der Waals surface area contributed by atoms with E-state index < -0.39 is 0 Å². The van der Waals surface area contributed by atoms with Crippen LogP contribution in [0.5, 0.6) is 0 Å². The van der Waals surface area contributed by atoms with Gasteiger partial charge in [0.05, 0.1) is 16.2 Å². The minimum atomic E-state index is -0.320. The molecule has 0 bridgehead atoms. The van der Waals surface area contributed by atoms with Crippen molar-refractivity contribution >= 4 is 40.2 Å². The number of hydrogen-bond acceptors (Lipinski definition) is 4. The van der Waals surface area contributed by atoms with Crippen LogP contribution in [0.2, 0.25) is 5.02 Å². The van der Waals surface area contributed by atoms with Gasteiger partial charge in [0.15, 0.2) is 5.16 Å². The Morgan fingerprint density at radius 1 is 1.38 bits per heavy atom. The first-order chi connectivity index (χ1) is 11.4. The quantitative estimate of drug-likeness (QED) is 0.651. The van der Waals surface area contributed by atoms with Gasteiger partial charge in [0.1, 0.15) is 0 Å². The van der Waals surface area contributed by atoms with Gasteiger partial charge in [-0.2, -0.15) is 0 Å². The standard InChI is InChI=1S/C17H20ClN3O2S/c1-9(2)21-16(23)13-7-4-11(18)8-14(13)20-17(21)24-10(3)15(22)19-12-5-6-12/h4,7-10,12H,5-6H2,1-3H3,(H,19,22)/t10-/m0/s1. The normalized spacial score (nSPS) is 15.7. The number of carbonyl (C=O) groups excluding carboxylic acids is 1. The van der Waals surface area contributed by atoms with Crippen LogP contribution in [0.3, 0.4) is 0 Å². The minimum Gasteiger partial charge on any atom is -0.352 e. The van der Waals surface area contributed by atoms with Crippen molar-refractivity contribution in [2.45, 2.75) is 56.1 Å². The van der Waals surface area contributed by atoms with E-state index in [2.05, 4.69) is 10.3 Å². The summed E-state index contributed by atoms with van der Waals surface area (Å²) < 4.78 is 1.64. The van der Waals surface area contributed by atoms with Crippen molar-refractivity contribution in [1.82, 2.24) is 14.9 Å². The zero-order chi connectivity index (χ0) is 17.4. The Hall–Kier alpha value is -1.53. The topological polar surface area (TPSA) is 64.0 Å². The molecule has 1 aliphatic carbocycles. The summed E-state index contributed by atoms with van der Waals surface area (Å²) in [7, 11) is 0. The zero-order valence-electron chi connectivity index (χ0n) is 13.9. The molecular weight excluding hydrogens is 346 g/mol. The molecule has 1 amide bonds. The Labute approximate surface area is 149 Å². The number of nitrogens with zero attached hydrogens (tertiary/aromatic N) is 2. The highest BCUT2D eigenvalue weighted by Gasteiger charge is 2.27. The number of rotatable bonds is 5. The van der Waals surface area contributed by atoms with Gasteiger partial charge in [0.25, 0.3) is 5.56 Å². The molecule has 128 valence electrons. The van der Waals surface area contributed by atoms with E-state index in [1.165, 1.54) is 11.8 Å². The fraction of sp³-hybridized carbons (Fsp3) is 0.471. The van der Waals surface area contributed by atoms with Crippen molar-refractivity contribution in [2.75, 3.05) is 0 Å². The molecule has 0 aliphatic heterocycles. The van der Waals surface area contributed by atoms with Crippen molar-refractivity contribution in [2.24, 2.45) is 0 Å². The van der Waals surface area contributed by atoms with Crippen LogP contribution in [-0.4, -0.2) is 26.8 Å². The fourth-order valence-electron chi connectivity index (χ4n) is 2.45. The number of amides is 1. The average molecular weight is 366 g/mol. The van der Waals surface area contributed by atoms with Crippen molar-refractivity contribution in [3.63, 3.8) is 0 Å². The monoisotopic (exact) mass is 365 g/mol. The van der Waals surface area contributed by atoms with Crippen molar-refractivity contribution in [3.05, 3.63) is 33.6 Å². The Balaban J connectivity index is 1.99. The second-order valence-corrected chi connectivity index (χ2v) is 8.11. The number of aromatic nitrogens is 2. The van der Waals surface area contributed by atoms with Gasteiger partial charge in [-0.1, -0.05) is 23.4 Å². The van der Waals surface area contributed by atoms with E-state index in [0.29, 0.717) is 27.1 Å². The summed E-state index contributed by atoms with van der Waals surface area (Å²) in [5.74, 6) is -0.0155. The molecule has 24 heavy (non-hydrogen) atoms. The van der Waals surface area contributed by atoms with Gasteiger partial charge in [-0.05, 0) is 51.8 Å². The number of fused-ring (bicyclic) bond motifs is 1. The summed E-state index contributed by atoms with van der Waals surface area (Å²) in [4.78, 5) is 29.6. The van der Waals surface area contributed by atoms with Crippen LogP contribution < -0.4 is 10.9 Å². The van der Waals surface area contributed by atoms with Gasteiger partial charge < -0.3 is 5.32 Å². The van der Waals surface area contributed by atoms with Gasteiger partial charge in [-0.15, -0.1) is 0 Å². The number of nitrogens with one attached hydrogen (secondary N) is 1. The van der Waals surface area contributed by atoms with Crippen LogP contribution in [0.25, 0.3) is 10.9 Å². The second-order valence-electron chi connectivity index (χ2n) is 6.37. The lowest BCUT2D eigenvalue weighted by Gasteiger charge is -2.18. The number of benzene rings is 1. The van der Waals surface area contributed by atoms with E-state index >= 15 is 0 Å². The first-order valence-corrected chi connectivity index (χ1v) is 9.31. The third kappa shape index (κ3) is 3.59. The van der Waals surface area contributed by atoms with Crippen molar-refractivity contribution < 1.29 is 4.79 Å². The predicted molar refractivity (Wildman–Crippen MR) is 97.9 cm³/mol. The van der Waals surface area contributed by atoms with E-state index in [1.807, 2.05) is 20.8 Å². The molecule has 1 atom stereocenters. The summed E-state index contributed by atoms with van der Waals surface area (Å²) in [6, 6.07) is 5.34. The van der Waals surface area contributed by atoms with E-state index in [0.717, 1.165) is 12.8 Å². The molecule has 1 aromatic carbocycles. The van der Waals surface area contributed by atoms with E-state index in [9.17, 15) is 9.59 Å². The molecule has 0 spiro atoms. The minimum absolute atomic E-state index is 0.0155. The fourth-order valence-corrected chi connectivity index (χ4v) is 3.66. The molecule has 1 saturated carbocycles. The van der Waals surface area contributed by atoms with Crippen molar-refractivity contribution in [1.29, 1.82) is 0 Å². The highest BCUT2D eigenvalue weighted by molar-refractivity contribution is 8.00. The molecule has 1 aliphatic rings. The summed E-state index contributed by atoms with van der Waals surface area (Å²) in [5, 5.41) is 4.28. The summed E-state index contributed by atoms with van der Waals surface area (Å²) in [6.07, 6.45) is 2.10. The molecule has 0 unspecified atom stereocenters. The molecule has 0 radical (unpaired) electrons. The van der Waals surface area contributed by atoms with Crippen LogP contribution in [0.15, 0.2) is 28.2 Å². The van der Waals surface area contributed by atoms with Gasteiger partial charge in [0, 0.05) is 17.1 Å². The summed E-state index contributed by atoms with van der Waals surface area (Å²) in [5.41, 5.74) is 0.450. The van der Waals surface area contributed by atoms with E-state index in [-0.39, 0.29) is 22.8 Å². The number of hydrogen-bond donors (Lipinski definition) is 1. The molecule has 1 aromatic heterocycles. The highest BCUT2D eigenvalue weighted by Crippen LogP contribution is 2.27. The molecule has 0 saturated heterocycles. The molecular formula is C17H20ClN3O2S. The van der Waals surface area contributed by atoms with Crippen LogP contribution >= 0.6 is 23.4 Å². The maximum absolute atomic E-state index is 12.8. The van der Waals surface area contributed by atoms with Crippen LogP contribution in [0.1, 0.15) is 39.7 Å². The maximum Gasteiger partial charge on any atom is 0.262 e. The van der Waals surface area contributed by atoms with Crippen molar-refractivity contribution in [3.8, 4) is 0 Å². The van der Waals surface area contributed by atoms with Crippen LogP contribution in [0, 0.1) is 0 Å².